The third kappa shape index (κ3) is 3.49. The van der Waals surface area contributed by atoms with Crippen LogP contribution < -0.4 is 15.4 Å². The number of nitrogens with one attached hydrogen (secondary N) is 2. The highest BCUT2D eigenvalue weighted by Crippen LogP contribution is 2.31. The second-order valence-corrected chi connectivity index (χ2v) is 5.20. The number of anilines is 2. The normalized spacial score (nSPS) is 10.2. The number of benzene rings is 2. The van der Waals surface area contributed by atoms with Gasteiger partial charge in [0.25, 0.3) is 0 Å². The number of rotatable bonds is 3. The number of ether oxygens (including phenoxy) is 1. The van der Waals surface area contributed by atoms with Crippen LogP contribution >= 0.6 is 11.6 Å². The standard InChI is InChI=1S/C16H16ClFN2O2/c1-9-7-14(15(22-3)8-11(9)17)20-16(21)19-13-6-4-5-12(18)10(13)2/h4-8H,1-3H3,(H2,19,20,21). The van der Waals surface area contributed by atoms with Gasteiger partial charge in [0.2, 0.25) is 0 Å². The topological polar surface area (TPSA) is 50.4 Å². The molecule has 116 valence electrons. The first kappa shape index (κ1) is 16.1. The Morgan fingerprint density at radius 2 is 1.86 bits per heavy atom. The van der Waals surface area contributed by atoms with Gasteiger partial charge in [-0.15, -0.1) is 0 Å². The highest BCUT2D eigenvalue weighted by Gasteiger charge is 2.12. The second kappa shape index (κ2) is 6.66. The molecule has 0 aliphatic rings. The van der Waals surface area contributed by atoms with Crippen molar-refractivity contribution in [1.29, 1.82) is 0 Å². The zero-order valence-electron chi connectivity index (χ0n) is 12.5. The summed E-state index contributed by atoms with van der Waals surface area (Å²) in [5.41, 5.74) is 2.06. The van der Waals surface area contributed by atoms with Gasteiger partial charge in [-0.25, -0.2) is 9.18 Å². The zero-order valence-corrected chi connectivity index (χ0v) is 13.2. The summed E-state index contributed by atoms with van der Waals surface area (Å²) in [6.07, 6.45) is 0. The zero-order chi connectivity index (χ0) is 16.3. The Bertz CT molecular complexity index is 720. The lowest BCUT2D eigenvalue weighted by Crippen LogP contribution is -2.20. The van der Waals surface area contributed by atoms with Gasteiger partial charge in [-0.05, 0) is 37.6 Å². The molecule has 22 heavy (non-hydrogen) atoms. The van der Waals surface area contributed by atoms with Crippen LogP contribution in [0.3, 0.4) is 0 Å². The third-order valence-corrected chi connectivity index (χ3v) is 3.65. The summed E-state index contributed by atoms with van der Waals surface area (Å²) in [4.78, 5) is 12.1. The number of carbonyl (C=O) groups is 1. The molecule has 0 saturated heterocycles. The van der Waals surface area contributed by atoms with E-state index in [0.29, 0.717) is 27.7 Å². The first-order chi connectivity index (χ1) is 10.4. The van der Waals surface area contributed by atoms with E-state index in [9.17, 15) is 9.18 Å². The summed E-state index contributed by atoms with van der Waals surface area (Å²) in [6.45, 7) is 3.42. The fourth-order valence-corrected chi connectivity index (χ4v) is 2.10. The maximum Gasteiger partial charge on any atom is 0.323 e. The molecular weight excluding hydrogens is 307 g/mol. The quantitative estimate of drug-likeness (QED) is 0.856. The molecule has 0 unspecified atom stereocenters. The van der Waals surface area contributed by atoms with E-state index >= 15 is 0 Å². The number of hydrogen-bond acceptors (Lipinski definition) is 2. The van der Waals surface area contributed by atoms with Gasteiger partial charge in [-0.3, -0.25) is 0 Å². The van der Waals surface area contributed by atoms with Crippen molar-refractivity contribution in [1.82, 2.24) is 0 Å². The average molecular weight is 323 g/mol. The lowest BCUT2D eigenvalue weighted by Gasteiger charge is -2.14. The van der Waals surface area contributed by atoms with Crippen LogP contribution in [0.15, 0.2) is 30.3 Å². The molecule has 0 bridgehead atoms. The molecule has 4 nitrogen and oxygen atoms in total. The molecule has 6 heteroatoms. The highest BCUT2D eigenvalue weighted by molar-refractivity contribution is 6.31. The Morgan fingerprint density at radius 3 is 2.55 bits per heavy atom. The summed E-state index contributed by atoms with van der Waals surface area (Å²) in [6, 6.07) is 7.34. The number of halogens is 2. The number of amides is 2. The van der Waals surface area contributed by atoms with Gasteiger partial charge in [0.15, 0.2) is 0 Å². The molecule has 0 heterocycles. The van der Waals surface area contributed by atoms with Crippen LogP contribution in [0.1, 0.15) is 11.1 Å². The van der Waals surface area contributed by atoms with E-state index in [1.54, 1.807) is 25.1 Å². The van der Waals surface area contributed by atoms with Gasteiger partial charge in [-0.1, -0.05) is 17.7 Å². The van der Waals surface area contributed by atoms with Gasteiger partial charge in [0, 0.05) is 22.3 Å². The number of urea groups is 1. The molecule has 0 radical (unpaired) electrons. The molecule has 2 rings (SSSR count). The van der Waals surface area contributed by atoms with E-state index in [0.717, 1.165) is 5.56 Å². The van der Waals surface area contributed by atoms with Gasteiger partial charge >= 0.3 is 6.03 Å². The number of methoxy groups -OCH3 is 1. The Kier molecular flexibility index (Phi) is 4.88. The van der Waals surface area contributed by atoms with Crippen molar-refractivity contribution in [2.75, 3.05) is 17.7 Å². The summed E-state index contributed by atoms with van der Waals surface area (Å²) < 4.78 is 18.7. The largest absolute Gasteiger partial charge is 0.495 e. The molecule has 0 aromatic heterocycles. The van der Waals surface area contributed by atoms with Crippen LogP contribution in [0.2, 0.25) is 5.02 Å². The Morgan fingerprint density at radius 1 is 1.18 bits per heavy atom. The number of carbonyl (C=O) groups excluding carboxylic acids is 1. The molecule has 0 aliphatic heterocycles. The van der Waals surface area contributed by atoms with Crippen LogP contribution in [-0.2, 0) is 0 Å². The van der Waals surface area contributed by atoms with Crippen molar-refractivity contribution < 1.29 is 13.9 Å². The Hall–Kier alpha value is -2.27. The van der Waals surface area contributed by atoms with E-state index in [4.69, 9.17) is 16.3 Å². The van der Waals surface area contributed by atoms with Gasteiger partial charge in [-0.2, -0.15) is 0 Å². The first-order valence-electron chi connectivity index (χ1n) is 6.59. The number of aryl methyl sites for hydroxylation is 1. The van der Waals surface area contributed by atoms with Crippen LogP contribution in [0.4, 0.5) is 20.6 Å². The fraction of sp³-hybridized carbons (Fsp3) is 0.188. The van der Waals surface area contributed by atoms with E-state index < -0.39 is 6.03 Å². The maximum atomic E-state index is 13.5. The first-order valence-corrected chi connectivity index (χ1v) is 6.97. The lowest BCUT2D eigenvalue weighted by atomic mass is 10.2. The summed E-state index contributed by atoms with van der Waals surface area (Å²) in [5.74, 6) is 0.0689. The Labute approximate surface area is 133 Å². The summed E-state index contributed by atoms with van der Waals surface area (Å²) >= 11 is 6.02. The lowest BCUT2D eigenvalue weighted by molar-refractivity contribution is 0.262. The van der Waals surface area contributed by atoms with Crippen LogP contribution in [0, 0.1) is 19.7 Å². The molecule has 2 amide bonds. The molecule has 2 aromatic rings. The van der Waals surface area contributed by atoms with Crippen molar-refractivity contribution in [3.63, 3.8) is 0 Å². The summed E-state index contributed by atoms with van der Waals surface area (Å²) in [5, 5.41) is 5.82. The van der Waals surface area contributed by atoms with Crippen LogP contribution in [0.5, 0.6) is 5.75 Å². The number of hydrogen-bond donors (Lipinski definition) is 2. The minimum atomic E-state index is -0.492. The molecule has 0 fully saturated rings. The summed E-state index contributed by atoms with van der Waals surface area (Å²) in [7, 11) is 1.49. The molecular formula is C16H16ClFN2O2. The van der Waals surface area contributed by atoms with Crippen molar-refractivity contribution >= 4 is 29.0 Å². The van der Waals surface area contributed by atoms with Crippen molar-refractivity contribution in [3.8, 4) is 5.75 Å². The van der Waals surface area contributed by atoms with Gasteiger partial charge < -0.3 is 15.4 Å². The van der Waals surface area contributed by atoms with E-state index in [1.165, 1.54) is 19.2 Å². The van der Waals surface area contributed by atoms with Crippen molar-refractivity contribution in [3.05, 3.63) is 52.3 Å². The minimum Gasteiger partial charge on any atom is -0.495 e. The second-order valence-electron chi connectivity index (χ2n) is 4.79. The molecule has 0 atom stereocenters. The monoisotopic (exact) mass is 322 g/mol. The fourth-order valence-electron chi connectivity index (χ4n) is 1.95. The molecule has 0 spiro atoms. The van der Waals surface area contributed by atoms with E-state index in [2.05, 4.69) is 10.6 Å². The third-order valence-electron chi connectivity index (χ3n) is 3.24. The predicted octanol–water partition coefficient (Wildman–Crippen LogP) is 4.75. The highest BCUT2D eigenvalue weighted by atomic mass is 35.5. The van der Waals surface area contributed by atoms with Crippen LogP contribution in [-0.4, -0.2) is 13.1 Å². The molecule has 0 saturated carbocycles. The molecule has 2 aromatic carbocycles. The van der Waals surface area contributed by atoms with Gasteiger partial charge in [0.05, 0.1) is 12.8 Å². The van der Waals surface area contributed by atoms with E-state index in [1.807, 2.05) is 6.92 Å². The predicted molar refractivity (Wildman–Crippen MR) is 86.5 cm³/mol. The minimum absolute atomic E-state index is 0.372. The van der Waals surface area contributed by atoms with Crippen molar-refractivity contribution in [2.24, 2.45) is 0 Å². The smallest absolute Gasteiger partial charge is 0.323 e. The van der Waals surface area contributed by atoms with Gasteiger partial charge in [0.1, 0.15) is 11.6 Å². The molecule has 0 aliphatic carbocycles. The van der Waals surface area contributed by atoms with E-state index in [-0.39, 0.29) is 5.82 Å². The SMILES string of the molecule is COc1cc(Cl)c(C)cc1NC(=O)Nc1cccc(F)c1C. The Balaban J connectivity index is 2.19. The average Bonchev–Trinajstić information content (AvgIpc) is 2.47. The maximum absolute atomic E-state index is 13.5. The molecule has 2 N–H and O–H groups in total. The van der Waals surface area contributed by atoms with Crippen molar-refractivity contribution in [2.45, 2.75) is 13.8 Å². The van der Waals surface area contributed by atoms with Crippen LogP contribution in [0.25, 0.3) is 0 Å².